The summed E-state index contributed by atoms with van der Waals surface area (Å²) in [4.78, 5) is 72.4. The second kappa shape index (κ2) is 62.2. The molecule has 0 saturated heterocycles. The molecular formula is C70H136O17P2. The van der Waals surface area contributed by atoms with Crippen molar-refractivity contribution < 1.29 is 80.2 Å². The van der Waals surface area contributed by atoms with E-state index in [1.165, 1.54) is 161 Å². The molecule has 0 aliphatic heterocycles. The summed E-state index contributed by atoms with van der Waals surface area (Å²) >= 11 is 0. The normalized spacial score (nSPS) is 14.1. The predicted molar refractivity (Wildman–Crippen MR) is 358 cm³/mol. The van der Waals surface area contributed by atoms with Crippen LogP contribution in [0.25, 0.3) is 0 Å². The van der Waals surface area contributed by atoms with Gasteiger partial charge in [-0.15, -0.1) is 0 Å². The summed E-state index contributed by atoms with van der Waals surface area (Å²) in [6.07, 6.45) is 47.2. The molecule has 0 bridgehead atoms. The van der Waals surface area contributed by atoms with E-state index in [9.17, 15) is 43.2 Å². The first-order valence-corrected chi connectivity index (χ1v) is 39.5. The van der Waals surface area contributed by atoms with Gasteiger partial charge in [-0.3, -0.25) is 37.3 Å². The van der Waals surface area contributed by atoms with Crippen LogP contribution in [-0.2, 0) is 65.4 Å². The van der Waals surface area contributed by atoms with Crippen molar-refractivity contribution in [3.63, 3.8) is 0 Å². The molecule has 0 aliphatic carbocycles. The molecule has 0 spiro atoms. The van der Waals surface area contributed by atoms with Gasteiger partial charge >= 0.3 is 39.5 Å². The van der Waals surface area contributed by atoms with Crippen LogP contribution in [-0.4, -0.2) is 96.7 Å². The van der Waals surface area contributed by atoms with Crippen LogP contribution in [0.4, 0.5) is 0 Å². The fraction of sp³-hybridized carbons (Fsp3) is 0.943. The van der Waals surface area contributed by atoms with Gasteiger partial charge < -0.3 is 33.8 Å². The average molecular weight is 1310 g/mol. The standard InChI is InChI=1S/C70H136O17P2/c1-7-9-11-13-15-16-17-23-30-36-42-48-54-69(74)86-65(58-80-67(72)52-46-40-32-14-12-10-8-2)60-84-88(76,77)82-56-64(71)57-83-89(78,79)85-61-66(59-81-68(73)53-47-41-35-29-26-25-28-34-39-45-51-63(5)6)87-70(75)55-49-43-37-31-24-21-19-18-20-22-27-33-38-44-50-62(3)4/h62-66,71H,7-61H2,1-6H3,(H,76,77)(H,78,79)/t64-,65+,66+/m0/s1. The molecule has 0 aromatic rings. The third-order valence-electron chi connectivity index (χ3n) is 16.2. The van der Waals surface area contributed by atoms with Crippen molar-refractivity contribution in [2.24, 2.45) is 11.8 Å². The summed E-state index contributed by atoms with van der Waals surface area (Å²) in [7, 11) is -9.89. The highest BCUT2D eigenvalue weighted by molar-refractivity contribution is 7.47. The number of phosphoric acid groups is 2. The molecule has 0 aliphatic rings. The number of rotatable bonds is 69. The van der Waals surface area contributed by atoms with Crippen LogP contribution in [0.15, 0.2) is 0 Å². The Morgan fingerprint density at radius 2 is 0.517 bits per heavy atom. The number of aliphatic hydroxyl groups is 1. The van der Waals surface area contributed by atoms with E-state index in [-0.39, 0.29) is 25.7 Å². The summed E-state index contributed by atoms with van der Waals surface area (Å²) in [6.45, 7) is 9.53. The number of carbonyl (C=O) groups excluding carboxylic acids is 4. The lowest BCUT2D eigenvalue weighted by Crippen LogP contribution is -2.30. The topological polar surface area (TPSA) is 237 Å². The molecule has 89 heavy (non-hydrogen) atoms. The van der Waals surface area contributed by atoms with Gasteiger partial charge in [-0.05, 0) is 37.5 Å². The molecule has 0 fully saturated rings. The highest BCUT2D eigenvalue weighted by Gasteiger charge is 2.30. The molecule has 3 N–H and O–H groups in total. The zero-order valence-electron chi connectivity index (χ0n) is 57.7. The van der Waals surface area contributed by atoms with Crippen molar-refractivity contribution >= 4 is 39.5 Å². The van der Waals surface area contributed by atoms with E-state index in [1.807, 2.05) is 0 Å². The fourth-order valence-corrected chi connectivity index (χ4v) is 12.2. The molecular weight excluding hydrogens is 1170 g/mol. The predicted octanol–water partition coefficient (Wildman–Crippen LogP) is 20.0. The number of aliphatic hydroxyl groups excluding tert-OH is 1. The Hall–Kier alpha value is -1.94. The number of unbranched alkanes of at least 4 members (excludes halogenated alkanes) is 39. The Morgan fingerprint density at radius 1 is 0.303 bits per heavy atom. The second-order valence-corrected chi connectivity index (χ2v) is 29.1. The first kappa shape index (κ1) is 87.1. The average Bonchev–Trinajstić information content (AvgIpc) is 3.70. The quantitative estimate of drug-likeness (QED) is 0.0222. The number of phosphoric ester groups is 2. The zero-order valence-corrected chi connectivity index (χ0v) is 59.5. The Morgan fingerprint density at radius 3 is 0.764 bits per heavy atom. The molecule has 0 radical (unpaired) electrons. The van der Waals surface area contributed by atoms with E-state index < -0.39 is 97.5 Å². The van der Waals surface area contributed by atoms with Crippen LogP contribution in [0.2, 0.25) is 0 Å². The number of hydrogen-bond acceptors (Lipinski definition) is 15. The van der Waals surface area contributed by atoms with Crippen LogP contribution < -0.4 is 0 Å². The van der Waals surface area contributed by atoms with Crippen LogP contribution in [0.1, 0.15) is 356 Å². The number of hydrogen-bond donors (Lipinski definition) is 3. The lowest BCUT2D eigenvalue weighted by molar-refractivity contribution is -0.161. The molecule has 19 heteroatoms. The Balaban J connectivity index is 5.20. The first-order chi connectivity index (χ1) is 42.9. The van der Waals surface area contributed by atoms with Gasteiger partial charge in [-0.2, -0.15) is 0 Å². The molecule has 0 aromatic carbocycles. The van der Waals surface area contributed by atoms with Crippen molar-refractivity contribution in [3.05, 3.63) is 0 Å². The van der Waals surface area contributed by atoms with E-state index in [0.29, 0.717) is 25.7 Å². The minimum atomic E-state index is -4.95. The molecule has 0 heterocycles. The lowest BCUT2D eigenvalue weighted by Gasteiger charge is -2.21. The number of ether oxygens (including phenoxy) is 4. The summed E-state index contributed by atoms with van der Waals surface area (Å²) < 4.78 is 68.2. The number of carbonyl (C=O) groups is 4. The largest absolute Gasteiger partial charge is 0.472 e. The van der Waals surface area contributed by atoms with E-state index in [1.54, 1.807) is 0 Å². The Bertz CT molecular complexity index is 1730. The van der Waals surface area contributed by atoms with Crippen molar-refractivity contribution in [1.82, 2.24) is 0 Å². The van der Waals surface area contributed by atoms with Gasteiger partial charge in [-0.25, -0.2) is 9.13 Å². The summed E-state index contributed by atoms with van der Waals surface area (Å²) in [5.41, 5.74) is 0. The van der Waals surface area contributed by atoms with E-state index in [4.69, 9.17) is 37.0 Å². The maximum Gasteiger partial charge on any atom is 0.472 e. The maximum atomic E-state index is 13.0. The van der Waals surface area contributed by atoms with Crippen molar-refractivity contribution in [2.45, 2.75) is 374 Å². The van der Waals surface area contributed by atoms with Crippen molar-refractivity contribution in [1.29, 1.82) is 0 Å². The summed E-state index contributed by atoms with van der Waals surface area (Å²) in [5, 5.41) is 10.6. The van der Waals surface area contributed by atoms with Crippen LogP contribution in [0, 0.1) is 11.8 Å². The highest BCUT2D eigenvalue weighted by Crippen LogP contribution is 2.45. The third kappa shape index (κ3) is 64.6. The van der Waals surface area contributed by atoms with E-state index >= 15 is 0 Å². The van der Waals surface area contributed by atoms with Gasteiger partial charge in [0.1, 0.15) is 19.3 Å². The highest BCUT2D eigenvalue weighted by atomic mass is 31.2. The second-order valence-electron chi connectivity index (χ2n) is 26.2. The van der Waals surface area contributed by atoms with Crippen molar-refractivity contribution in [2.75, 3.05) is 39.6 Å². The van der Waals surface area contributed by atoms with Gasteiger partial charge in [0.2, 0.25) is 0 Å². The Kier molecular flexibility index (Phi) is 60.8. The SMILES string of the molecule is CCCCCCCCCCCCCCC(=O)O[C@H](COC(=O)CCCCCCCCC)COP(=O)(O)OC[C@H](O)COP(=O)(O)OC[C@@H](COC(=O)CCCCCCCCCCCCC(C)C)OC(=O)CCCCCCCCCCCCCCCCC(C)C. The Labute approximate surface area is 543 Å². The van der Waals surface area contributed by atoms with Gasteiger partial charge in [0, 0.05) is 25.7 Å². The monoisotopic (exact) mass is 1310 g/mol. The molecule has 0 saturated carbocycles. The first-order valence-electron chi connectivity index (χ1n) is 36.5. The van der Waals surface area contributed by atoms with E-state index in [0.717, 1.165) is 115 Å². The smallest absolute Gasteiger partial charge is 0.462 e. The molecule has 5 atom stereocenters. The molecule has 0 rings (SSSR count). The fourth-order valence-electron chi connectivity index (χ4n) is 10.6. The lowest BCUT2D eigenvalue weighted by atomic mass is 10.0. The molecule has 17 nitrogen and oxygen atoms in total. The van der Waals surface area contributed by atoms with E-state index in [2.05, 4.69) is 41.5 Å². The molecule has 0 amide bonds. The van der Waals surface area contributed by atoms with Crippen LogP contribution in [0.3, 0.4) is 0 Å². The maximum absolute atomic E-state index is 13.0. The molecule has 2 unspecified atom stereocenters. The van der Waals surface area contributed by atoms with Gasteiger partial charge in [0.05, 0.1) is 26.4 Å². The molecule has 528 valence electrons. The van der Waals surface area contributed by atoms with Gasteiger partial charge in [-0.1, -0.05) is 305 Å². The minimum Gasteiger partial charge on any atom is -0.462 e. The molecule has 0 aromatic heterocycles. The summed E-state index contributed by atoms with van der Waals surface area (Å²) in [5.74, 6) is -0.574. The third-order valence-corrected chi connectivity index (χ3v) is 18.1. The number of esters is 4. The van der Waals surface area contributed by atoms with Crippen molar-refractivity contribution in [3.8, 4) is 0 Å². The zero-order chi connectivity index (χ0) is 65.7. The van der Waals surface area contributed by atoms with Crippen LogP contribution in [0.5, 0.6) is 0 Å². The van der Waals surface area contributed by atoms with Gasteiger partial charge in [0.25, 0.3) is 0 Å². The minimum absolute atomic E-state index is 0.107. The van der Waals surface area contributed by atoms with Gasteiger partial charge in [0.15, 0.2) is 12.2 Å². The van der Waals surface area contributed by atoms with Crippen LogP contribution >= 0.6 is 15.6 Å². The summed E-state index contributed by atoms with van der Waals surface area (Å²) in [6, 6.07) is 0.